The standard InChI is InChI=1S/C21H28N2O4/c1-6-25-18-13-15(14-19(26-7-2)20(18)27-8-3)21(24)22-16-9-11-17(12-10-16)23(4)5/h9-14H,6-8H2,1-5H3,(H,22,24). The predicted octanol–water partition coefficient (Wildman–Crippen LogP) is 4.20. The fourth-order valence-corrected chi connectivity index (χ4v) is 2.57. The summed E-state index contributed by atoms with van der Waals surface area (Å²) in [5, 5.41) is 2.91. The average molecular weight is 372 g/mol. The first-order chi connectivity index (χ1) is 13.0. The van der Waals surface area contributed by atoms with E-state index in [4.69, 9.17) is 14.2 Å². The van der Waals surface area contributed by atoms with Gasteiger partial charge in [-0.25, -0.2) is 0 Å². The fourth-order valence-electron chi connectivity index (χ4n) is 2.57. The molecule has 27 heavy (non-hydrogen) atoms. The lowest BCUT2D eigenvalue weighted by Crippen LogP contribution is -2.14. The summed E-state index contributed by atoms with van der Waals surface area (Å²) in [4.78, 5) is 14.7. The molecular weight excluding hydrogens is 344 g/mol. The lowest BCUT2D eigenvalue weighted by molar-refractivity contribution is 0.102. The number of nitrogens with one attached hydrogen (secondary N) is 1. The van der Waals surface area contributed by atoms with Crippen LogP contribution in [0.25, 0.3) is 0 Å². The van der Waals surface area contributed by atoms with Crippen molar-refractivity contribution in [3.8, 4) is 17.2 Å². The number of carbonyl (C=O) groups is 1. The number of carbonyl (C=O) groups excluding carboxylic acids is 1. The van der Waals surface area contributed by atoms with E-state index in [0.29, 0.717) is 42.6 Å². The SMILES string of the molecule is CCOc1cc(C(=O)Nc2ccc(N(C)C)cc2)cc(OCC)c1OCC. The second kappa shape index (κ2) is 9.71. The van der Waals surface area contributed by atoms with Crippen LogP contribution in [0, 0.1) is 0 Å². The molecule has 0 aromatic heterocycles. The Hall–Kier alpha value is -2.89. The molecule has 0 unspecified atom stereocenters. The summed E-state index contributed by atoms with van der Waals surface area (Å²) >= 11 is 0. The van der Waals surface area contributed by atoms with Gasteiger partial charge in [0.2, 0.25) is 5.75 Å². The third kappa shape index (κ3) is 5.29. The summed E-state index contributed by atoms with van der Waals surface area (Å²) in [7, 11) is 3.94. The Balaban J connectivity index is 2.30. The molecule has 0 heterocycles. The topological polar surface area (TPSA) is 60.0 Å². The van der Waals surface area contributed by atoms with Crippen molar-refractivity contribution in [2.24, 2.45) is 0 Å². The van der Waals surface area contributed by atoms with Gasteiger partial charge in [-0.15, -0.1) is 0 Å². The Morgan fingerprint density at radius 1 is 0.889 bits per heavy atom. The van der Waals surface area contributed by atoms with Crippen molar-refractivity contribution in [1.82, 2.24) is 0 Å². The highest BCUT2D eigenvalue weighted by Gasteiger charge is 2.18. The Bertz CT molecular complexity index is 730. The number of rotatable bonds is 9. The van der Waals surface area contributed by atoms with Gasteiger partial charge in [-0.05, 0) is 57.2 Å². The van der Waals surface area contributed by atoms with Crippen LogP contribution in [0.3, 0.4) is 0 Å². The van der Waals surface area contributed by atoms with Crippen molar-refractivity contribution in [2.75, 3.05) is 44.1 Å². The lowest BCUT2D eigenvalue weighted by atomic mass is 10.1. The van der Waals surface area contributed by atoms with Crippen molar-refractivity contribution in [3.05, 3.63) is 42.0 Å². The van der Waals surface area contributed by atoms with Crippen LogP contribution in [0.15, 0.2) is 36.4 Å². The molecule has 2 aromatic rings. The first-order valence-corrected chi connectivity index (χ1v) is 9.15. The molecule has 0 radical (unpaired) electrons. The highest BCUT2D eigenvalue weighted by atomic mass is 16.5. The number of nitrogens with zero attached hydrogens (tertiary/aromatic N) is 1. The molecule has 0 saturated carbocycles. The average Bonchev–Trinajstić information content (AvgIpc) is 2.65. The molecule has 6 nitrogen and oxygen atoms in total. The van der Waals surface area contributed by atoms with E-state index in [2.05, 4.69) is 5.32 Å². The van der Waals surface area contributed by atoms with Gasteiger partial charge in [-0.2, -0.15) is 0 Å². The third-order valence-electron chi connectivity index (χ3n) is 3.81. The monoisotopic (exact) mass is 372 g/mol. The summed E-state index contributed by atoms with van der Waals surface area (Å²) < 4.78 is 17.0. The molecule has 0 bridgehead atoms. The molecule has 0 aliphatic rings. The van der Waals surface area contributed by atoms with E-state index in [1.54, 1.807) is 12.1 Å². The molecule has 0 aliphatic heterocycles. The summed E-state index contributed by atoms with van der Waals surface area (Å²) in [6.07, 6.45) is 0. The first kappa shape index (κ1) is 20.4. The van der Waals surface area contributed by atoms with E-state index in [1.807, 2.05) is 64.0 Å². The van der Waals surface area contributed by atoms with Crippen LogP contribution in [-0.2, 0) is 0 Å². The van der Waals surface area contributed by atoms with Gasteiger partial charge in [0.15, 0.2) is 11.5 Å². The minimum atomic E-state index is -0.238. The van der Waals surface area contributed by atoms with E-state index in [9.17, 15) is 4.79 Å². The van der Waals surface area contributed by atoms with E-state index in [0.717, 1.165) is 11.4 Å². The second-order valence-corrected chi connectivity index (χ2v) is 6.00. The number of anilines is 2. The van der Waals surface area contributed by atoms with Gasteiger partial charge in [-0.1, -0.05) is 0 Å². The zero-order valence-corrected chi connectivity index (χ0v) is 16.7. The Morgan fingerprint density at radius 3 is 1.85 bits per heavy atom. The molecule has 146 valence electrons. The van der Waals surface area contributed by atoms with E-state index in [1.165, 1.54) is 0 Å². The van der Waals surface area contributed by atoms with Gasteiger partial charge in [0.1, 0.15) is 0 Å². The summed E-state index contributed by atoms with van der Waals surface area (Å²) in [5.41, 5.74) is 2.23. The maximum absolute atomic E-state index is 12.7. The Morgan fingerprint density at radius 2 is 1.41 bits per heavy atom. The molecule has 2 aromatic carbocycles. The molecule has 0 atom stereocenters. The van der Waals surface area contributed by atoms with Crippen LogP contribution in [0.5, 0.6) is 17.2 Å². The van der Waals surface area contributed by atoms with Crippen LogP contribution in [-0.4, -0.2) is 39.8 Å². The highest BCUT2D eigenvalue weighted by Crippen LogP contribution is 2.39. The van der Waals surface area contributed by atoms with Crippen LogP contribution < -0.4 is 24.4 Å². The highest BCUT2D eigenvalue weighted by molar-refractivity contribution is 6.05. The molecule has 0 aliphatic carbocycles. The van der Waals surface area contributed by atoms with Gasteiger partial charge in [0, 0.05) is 31.0 Å². The van der Waals surface area contributed by atoms with Crippen molar-refractivity contribution in [3.63, 3.8) is 0 Å². The Kier molecular flexibility index (Phi) is 7.34. The predicted molar refractivity (Wildman–Crippen MR) is 109 cm³/mol. The molecule has 1 amide bonds. The molecule has 0 saturated heterocycles. The zero-order chi connectivity index (χ0) is 19.8. The quantitative estimate of drug-likeness (QED) is 0.715. The number of benzene rings is 2. The summed E-state index contributed by atoms with van der Waals surface area (Å²) in [5.74, 6) is 1.28. The largest absolute Gasteiger partial charge is 0.490 e. The van der Waals surface area contributed by atoms with Crippen LogP contribution in [0.2, 0.25) is 0 Å². The van der Waals surface area contributed by atoms with Gasteiger partial charge in [-0.3, -0.25) is 4.79 Å². The van der Waals surface area contributed by atoms with Gasteiger partial charge in [0.25, 0.3) is 5.91 Å². The zero-order valence-electron chi connectivity index (χ0n) is 16.7. The first-order valence-electron chi connectivity index (χ1n) is 9.15. The van der Waals surface area contributed by atoms with Crippen molar-refractivity contribution in [2.45, 2.75) is 20.8 Å². The van der Waals surface area contributed by atoms with E-state index < -0.39 is 0 Å². The van der Waals surface area contributed by atoms with Crippen molar-refractivity contribution < 1.29 is 19.0 Å². The van der Waals surface area contributed by atoms with Gasteiger partial charge in [0.05, 0.1) is 19.8 Å². The third-order valence-corrected chi connectivity index (χ3v) is 3.81. The van der Waals surface area contributed by atoms with Crippen LogP contribution in [0.4, 0.5) is 11.4 Å². The maximum Gasteiger partial charge on any atom is 0.255 e. The summed E-state index contributed by atoms with van der Waals surface area (Å²) in [6.45, 7) is 7.06. The molecule has 0 fully saturated rings. The van der Waals surface area contributed by atoms with Crippen molar-refractivity contribution in [1.29, 1.82) is 0 Å². The smallest absolute Gasteiger partial charge is 0.255 e. The van der Waals surface area contributed by atoms with Gasteiger partial charge < -0.3 is 24.4 Å². The maximum atomic E-state index is 12.7. The Labute approximate surface area is 161 Å². The number of ether oxygens (including phenoxy) is 3. The van der Waals surface area contributed by atoms with Crippen molar-refractivity contribution >= 4 is 17.3 Å². The molecule has 0 spiro atoms. The minimum absolute atomic E-state index is 0.238. The fraction of sp³-hybridized carbons (Fsp3) is 0.381. The van der Waals surface area contributed by atoms with E-state index >= 15 is 0 Å². The van der Waals surface area contributed by atoms with Crippen LogP contribution >= 0.6 is 0 Å². The second-order valence-electron chi connectivity index (χ2n) is 6.00. The summed E-state index contributed by atoms with van der Waals surface area (Å²) in [6, 6.07) is 11.0. The number of hydrogen-bond donors (Lipinski definition) is 1. The van der Waals surface area contributed by atoms with Crippen LogP contribution in [0.1, 0.15) is 31.1 Å². The van der Waals surface area contributed by atoms with E-state index in [-0.39, 0.29) is 5.91 Å². The molecule has 2 rings (SSSR count). The lowest BCUT2D eigenvalue weighted by Gasteiger charge is -2.17. The molecule has 6 heteroatoms. The number of hydrogen-bond acceptors (Lipinski definition) is 5. The normalized spacial score (nSPS) is 10.3. The molecular formula is C21H28N2O4. The van der Waals surface area contributed by atoms with Gasteiger partial charge >= 0.3 is 0 Å². The minimum Gasteiger partial charge on any atom is -0.490 e. The molecule has 1 N–H and O–H groups in total. The number of amides is 1.